The van der Waals surface area contributed by atoms with Gasteiger partial charge in [-0.05, 0) is 49.7 Å². The lowest BCUT2D eigenvalue weighted by Crippen LogP contribution is -2.35. The molecule has 106 valence electrons. The van der Waals surface area contributed by atoms with Gasteiger partial charge in [-0.15, -0.1) is 0 Å². The van der Waals surface area contributed by atoms with Crippen LogP contribution in [0.5, 0.6) is 0 Å². The van der Waals surface area contributed by atoms with Gasteiger partial charge in [0.25, 0.3) is 0 Å². The molecule has 2 nitrogen and oxygen atoms in total. The highest BCUT2D eigenvalue weighted by atomic mass is 32.1. The van der Waals surface area contributed by atoms with E-state index in [9.17, 15) is 4.39 Å². The Balaban J connectivity index is 2.30. The number of anilines is 1. The van der Waals surface area contributed by atoms with Crippen molar-refractivity contribution in [2.75, 3.05) is 5.32 Å². The summed E-state index contributed by atoms with van der Waals surface area (Å²) in [6.07, 6.45) is 3.51. The van der Waals surface area contributed by atoms with Crippen molar-refractivity contribution in [2.24, 2.45) is 5.92 Å². The molecular weight excluding hydrogens is 259 g/mol. The number of hydrogen-bond acceptors (Lipinski definition) is 1. The van der Waals surface area contributed by atoms with E-state index in [4.69, 9.17) is 12.2 Å². The zero-order chi connectivity index (χ0) is 14.3. The molecule has 1 atom stereocenters. The molecule has 4 heteroatoms. The van der Waals surface area contributed by atoms with Crippen LogP contribution in [0.2, 0.25) is 0 Å². The van der Waals surface area contributed by atoms with Gasteiger partial charge in [0.2, 0.25) is 0 Å². The Hall–Kier alpha value is -1.16. The lowest BCUT2D eigenvalue weighted by atomic mass is 10.0. The molecule has 1 aromatic carbocycles. The van der Waals surface area contributed by atoms with E-state index in [2.05, 4.69) is 31.4 Å². The molecule has 19 heavy (non-hydrogen) atoms. The number of rotatable bonds is 6. The van der Waals surface area contributed by atoms with Crippen LogP contribution in [0.3, 0.4) is 0 Å². The van der Waals surface area contributed by atoms with Gasteiger partial charge in [-0.3, -0.25) is 0 Å². The third-order valence-electron chi connectivity index (χ3n) is 2.88. The second-order valence-electron chi connectivity index (χ2n) is 5.33. The topological polar surface area (TPSA) is 24.1 Å². The largest absolute Gasteiger partial charge is 0.360 e. The van der Waals surface area contributed by atoms with E-state index in [1.165, 1.54) is 25.0 Å². The third kappa shape index (κ3) is 7.11. The molecule has 0 aliphatic rings. The molecule has 0 saturated heterocycles. The first-order valence-electron chi connectivity index (χ1n) is 6.80. The van der Waals surface area contributed by atoms with E-state index in [0.29, 0.717) is 16.8 Å². The summed E-state index contributed by atoms with van der Waals surface area (Å²) < 4.78 is 13.0. The van der Waals surface area contributed by atoms with E-state index in [1.807, 2.05) is 0 Å². The van der Waals surface area contributed by atoms with Crippen molar-refractivity contribution in [3.8, 4) is 0 Å². The molecule has 0 spiro atoms. The third-order valence-corrected chi connectivity index (χ3v) is 3.10. The predicted octanol–water partition coefficient (Wildman–Crippen LogP) is 4.33. The highest BCUT2D eigenvalue weighted by molar-refractivity contribution is 7.80. The van der Waals surface area contributed by atoms with Crippen molar-refractivity contribution in [1.82, 2.24) is 5.32 Å². The van der Waals surface area contributed by atoms with Crippen LogP contribution in [0, 0.1) is 11.7 Å². The van der Waals surface area contributed by atoms with Gasteiger partial charge in [0.05, 0.1) is 0 Å². The van der Waals surface area contributed by atoms with Crippen LogP contribution >= 0.6 is 12.2 Å². The van der Waals surface area contributed by atoms with Crippen molar-refractivity contribution in [1.29, 1.82) is 0 Å². The predicted molar refractivity (Wildman–Crippen MR) is 83.9 cm³/mol. The second-order valence-corrected chi connectivity index (χ2v) is 5.74. The molecule has 0 saturated carbocycles. The fourth-order valence-corrected chi connectivity index (χ4v) is 2.18. The number of nitrogens with one attached hydrogen (secondary N) is 2. The average molecular weight is 282 g/mol. The standard InChI is InChI=1S/C15H23FN2S/c1-11(2)6-4-7-12(3)17-15(19)18-14-9-5-8-13(16)10-14/h5,8-12H,4,6-7H2,1-3H3,(H2,17,18,19). The molecule has 0 amide bonds. The van der Waals surface area contributed by atoms with Crippen molar-refractivity contribution in [2.45, 2.75) is 46.1 Å². The van der Waals surface area contributed by atoms with E-state index in [-0.39, 0.29) is 5.82 Å². The van der Waals surface area contributed by atoms with Crippen LogP contribution in [0.25, 0.3) is 0 Å². The molecule has 0 aromatic heterocycles. The maximum absolute atomic E-state index is 13.0. The minimum atomic E-state index is -0.266. The minimum Gasteiger partial charge on any atom is -0.360 e. The molecular formula is C15H23FN2S. The summed E-state index contributed by atoms with van der Waals surface area (Å²) in [4.78, 5) is 0. The summed E-state index contributed by atoms with van der Waals surface area (Å²) in [6.45, 7) is 6.57. The molecule has 0 fully saturated rings. The van der Waals surface area contributed by atoms with Gasteiger partial charge in [0.1, 0.15) is 5.82 Å². The van der Waals surface area contributed by atoms with Crippen molar-refractivity contribution in [3.63, 3.8) is 0 Å². The molecule has 0 aliphatic carbocycles. The Morgan fingerprint density at radius 1 is 1.26 bits per heavy atom. The molecule has 1 unspecified atom stereocenters. The van der Waals surface area contributed by atoms with Gasteiger partial charge in [-0.2, -0.15) is 0 Å². The van der Waals surface area contributed by atoms with Gasteiger partial charge < -0.3 is 10.6 Å². The lowest BCUT2D eigenvalue weighted by molar-refractivity contribution is 0.495. The van der Waals surface area contributed by atoms with E-state index in [0.717, 1.165) is 12.3 Å². The molecule has 0 radical (unpaired) electrons. The molecule has 0 heterocycles. The van der Waals surface area contributed by atoms with Crippen molar-refractivity contribution < 1.29 is 4.39 Å². The van der Waals surface area contributed by atoms with E-state index in [1.54, 1.807) is 12.1 Å². The monoisotopic (exact) mass is 282 g/mol. The van der Waals surface area contributed by atoms with Crippen LogP contribution in [-0.2, 0) is 0 Å². The van der Waals surface area contributed by atoms with Crippen LogP contribution in [0.15, 0.2) is 24.3 Å². The number of hydrogen-bond donors (Lipinski definition) is 2. The Bertz CT molecular complexity index is 407. The van der Waals surface area contributed by atoms with Crippen LogP contribution in [-0.4, -0.2) is 11.2 Å². The molecule has 2 N–H and O–H groups in total. The second kappa shape index (κ2) is 8.10. The zero-order valence-electron chi connectivity index (χ0n) is 11.9. The Kier molecular flexibility index (Phi) is 6.78. The Labute approximate surface area is 120 Å². The number of thiocarbonyl (C=S) groups is 1. The maximum atomic E-state index is 13.0. The quantitative estimate of drug-likeness (QED) is 0.760. The smallest absolute Gasteiger partial charge is 0.170 e. The minimum absolute atomic E-state index is 0.266. The summed E-state index contributed by atoms with van der Waals surface area (Å²) >= 11 is 5.21. The van der Waals surface area contributed by atoms with Crippen molar-refractivity contribution >= 4 is 23.0 Å². The van der Waals surface area contributed by atoms with Crippen LogP contribution in [0.1, 0.15) is 40.0 Å². The fraction of sp³-hybridized carbons (Fsp3) is 0.533. The van der Waals surface area contributed by atoms with Crippen LogP contribution < -0.4 is 10.6 Å². The van der Waals surface area contributed by atoms with Gasteiger partial charge in [-0.25, -0.2) is 4.39 Å². The summed E-state index contributed by atoms with van der Waals surface area (Å²) in [5.41, 5.74) is 0.673. The fourth-order valence-electron chi connectivity index (χ4n) is 1.86. The molecule has 1 aromatic rings. The molecule has 0 aliphatic heterocycles. The van der Waals surface area contributed by atoms with E-state index < -0.39 is 0 Å². The first-order valence-corrected chi connectivity index (χ1v) is 7.21. The van der Waals surface area contributed by atoms with Gasteiger partial charge in [0, 0.05) is 11.7 Å². The van der Waals surface area contributed by atoms with Gasteiger partial charge >= 0.3 is 0 Å². The average Bonchev–Trinajstić information content (AvgIpc) is 2.27. The SMILES string of the molecule is CC(C)CCCC(C)NC(=S)Nc1cccc(F)c1. The van der Waals surface area contributed by atoms with Crippen LogP contribution in [0.4, 0.5) is 10.1 Å². The normalized spacial score (nSPS) is 12.3. The Morgan fingerprint density at radius 3 is 2.63 bits per heavy atom. The summed E-state index contributed by atoms with van der Waals surface area (Å²) in [7, 11) is 0. The molecule has 0 bridgehead atoms. The highest BCUT2D eigenvalue weighted by Gasteiger charge is 2.05. The van der Waals surface area contributed by atoms with Gasteiger partial charge in [-0.1, -0.05) is 32.8 Å². The highest BCUT2D eigenvalue weighted by Crippen LogP contribution is 2.10. The van der Waals surface area contributed by atoms with Gasteiger partial charge in [0.15, 0.2) is 5.11 Å². The Morgan fingerprint density at radius 2 is 2.00 bits per heavy atom. The first kappa shape index (κ1) is 15.9. The van der Waals surface area contributed by atoms with Crippen molar-refractivity contribution in [3.05, 3.63) is 30.1 Å². The summed E-state index contributed by atoms with van der Waals surface area (Å²) in [5.74, 6) is 0.474. The maximum Gasteiger partial charge on any atom is 0.170 e. The number of halogens is 1. The van der Waals surface area contributed by atoms with E-state index >= 15 is 0 Å². The summed E-state index contributed by atoms with van der Waals surface area (Å²) in [6, 6.07) is 6.62. The first-order chi connectivity index (χ1) is 8.97. The lowest BCUT2D eigenvalue weighted by Gasteiger charge is -2.17. The summed E-state index contributed by atoms with van der Waals surface area (Å²) in [5, 5.41) is 6.76. The number of benzene rings is 1. The zero-order valence-corrected chi connectivity index (χ0v) is 12.7. The molecule has 1 rings (SSSR count).